The molecule has 0 radical (unpaired) electrons. The first-order valence-corrected chi connectivity index (χ1v) is 9.10. The van der Waals surface area contributed by atoms with E-state index in [1.54, 1.807) is 12.1 Å². The van der Waals surface area contributed by atoms with E-state index in [0.29, 0.717) is 17.2 Å². The highest BCUT2D eigenvalue weighted by Gasteiger charge is 2.14. The summed E-state index contributed by atoms with van der Waals surface area (Å²) >= 11 is 0. The molecule has 0 atom stereocenters. The Morgan fingerprint density at radius 2 is 1.62 bits per heavy atom. The second-order valence-electron chi connectivity index (χ2n) is 5.92. The first-order chi connectivity index (χ1) is 11.3. The Bertz CT molecular complexity index is 794. The lowest BCUT2D eigenvalue weighted by molar-refractivity contribution is 0.0601. The molecule has 0 aliphatic carbocycles. The minimum Gasteiger partial charge on any atom is -0.465 e. The second kappa shape index (κ2) is 7.49. The summed E-state index contributed by atoms with van der Waals surface area (Å²) in [6.07, 6.45) is 0.906. The molecule has 0 aromatic heterocycles. The van der Waals surface area contributed by atoms with Gasteiger partial charge in [0, 0.05) is 5.69 Å². The molecule has 0 saturated carbocycles. The van der Waals surface area contributed by atoms with Gasteiger partial charge in [0.25, 0.3) is 10.0 Å². The van der Waals surface area contributed by atoms with E-state index in [1.807, 2.05) is 12.1 Å². The Morgan fingerprint density at radius 3 is 2.12 bits per heavy atom. The Labute approximate surface area is 142 Å². The average Bonchev–Trinajstić information content (AvgIpc) is 2.54. The Hall–Kier alpha value is -2.34. The number of rotatable bonds is 6. The highest BCUT2D eigenvalue weighted by molar-refractivity contribution is 7.92. The van der Waals surface area contributed by atoms with Crippen LogP contribution in [0, 0.1) is 5.92 Å². The van der Waals surface area contributed by atoms with Crippen LogP contribution in [0.4, 0.5) is 5.69 Å². The smallest absolute Gasteiger partial charge is 0.337 e. The number of methoxy groups -OCH3 is 1. The minimum atomic E-state index is -3.66. The summed E-state index contributed by atoms with van der Waals surface area (Å²) in [4.78, 5) is 11.6. The number of esters is 1. The normalized spacial score (nSPS) is 11.3. The van der Waals surface area contributed by atoms with E-state index in [9.17, 15) is 13.2 Å². The van der Waals surface area contributed by atoms with Crippen molar-refractivity contribution < 1.29 is 17.9 Å². The van der Waals surface area contributed by atoms with Gasteiger partial charge in [0.1, 0.15) is 0 Å². The standard InChI is InChI=1S/C18H21NO4S/c1-13(2)12-14-4-10-17(11-5-14)24(21,22)19-16-8-6-15(7-9-16)18(20)23-3/h4-11,13,19H,12H2,1-3H3. The monoisotopic (exact) mass is 347 g/mol. The highest BCUT2D eigenvalue weighted by Crippen LogP contribution is 2.18. The van der Waals surface area contributed by atoms with E-state index in [-0.39, 0.29) is 4.90 Å². The van der Waals surface area contributed by atoms with Crippen molar-refractivity contribution in [3.05, 3.63) is 59.7 Å². The van der Waals surface area contributed by atoms with Crippen molar-refractivity contribution in [2.75, 3.05) is 11.8 Å². The number of sulfonamides is 1. The van der Waals surface area contributed by atoms with E-state index in [0.717, 1.165) is 12.0 Å². The van der Waals surface area contributed by atoms with Crippen molar-refractivity contribution in [3.8, 4) is 0 Å². The van der Waals surface area contributed by atoms with Gasteiger partial charge in [0.15, 0.2) is 0 Å². The van der Waals surface area contributed by atoms with Crippen molar-refractivity contribution in [3.63, 3.8) is 0 Å². The summed E-state index contributed by atoms with van der Waals surface area (Å²) in [7, 11) is -2.37. The second-order valence-corrected chi connectivity index (χ2v) is 7.60. The summed E-state index contributed by atoms with van der Waals surface area (Å²) in [5, 5.41) is 0. The molecule has 0 aliphatic rings. The van der Waals surface area contributed by atoms with Crippen LogP contribution in [0.5, 0.6) is 0 Å². The third-order valence-corrected chi connectivity index (χ3v) is 4.83. The quantitative estimate of drug-likeness (QED) is 0.812. The van der Waals surface area contributed by atoms with Gasteiger partial charge in [-0.1, -0.05) is 26.0 Å². The molecule has 0 fully saturated rings. The van der Waals surface area contributed by atoms with Crippen LogP contribution in [0.2, 0.25) is 0 Å². The SMILES string of the molecule is COC(=O)c1ccc(NS(=O)(=O)c2ccc(CC(C)C)cc2)cc1. The molecule has 0 heterocycles. The molecule has 0 unspecified atom stereocenters. The van der Waals surface area contributed by atoms with E-state index in [2.05, 4.69) is 23.3 Å². The fraction of sp³-hybridized carbons (Fsp3) is 0.278. The summed E-state index contributed by atoms with van der Waals surface area (Å²) in [5.74, 6) is 0.0454. The fourth-order valence-electron chi connectivity index (χ4n) is 2.28. The number of carbonyl (C=O) groups excluding carboxylic acids is 1. The minimum absolute atomic E-state index is 0.201. The fourth-order valence-corrected chi connectivity index (χ4v) is 3.34. The van der Waals surface area contributed by atoms with Crippen LogP contribution in [-0.2, 0) is 21.2 Å². The highest BCUT2D eigenvalue weighted by atomic mass is 32.2. The molecule has 0 saturated heterocycles. The van der Waals surface area contributed by atoms with Crippen molar-refractivity contribution in [2.24, 2.45) is 5.92 Å². The predicted octanol–water partition coefficient (Wildman–Crippen LogP) is 3.47. The molecule has 0 spiro atoms. The number of nitrogens with one attached hydrogen (secondary N) is 1. The predicted molar refractivity (Wildman–Crippen MR) is 93.6 cm³/mol. The van der Waals surface area contributed by atoms with Gasteiger partial charge in [-0.25, -0.2) is 13.2 Å². The van der Waals surface area contributed by atoms with E-state index in [1.165, 1.54) is 31.4 Å². The maximum Gasteiger partial charge on any atom is 0.337 e. The maximum atomic E-state index is 12.4. The van der Waals surface area contributed by atoms with Crippen molar-refractivity contribution in [1.82, 2.24) is 0 Å². The van der Waals surface area contributed by atoms with Crippen LogP contribution in [0.1, 0.15) is 29.8 Å². The molecule has 6 heteroatoms. The lowest BCUT2D eigenvalue weighted by Gasteiger charge is -2.10. The van der Waals surface area contributed by atoms with E-state index < -0.39 is 16.0 Å². The zero-order valence-corrected chi connectivity index (χ0v) is 14.8. The first kappa shape index (κ1) is 18.0. The third kappa shape index (κ3) is 4.58. The van der Waals surface area contributed by atoms with Crippen LogP contribution in [0.15, 0.2) is 53.4 Å². The Kier molecular flexibility index (Phi) is 5.62. The summed E-state index contributed by atoms with van der Waals surface area (Å²) in [6, 6.07) is 12.9. The molecule has 2 aromatic rings. The molecule has 24 heavy (non-hydrogen) atoms. The van der Waals surface area contributed by atoms with Gasteiger partial charge in [-0.15, -0.1) is 0 Å². The van der Waals surface area contributed by atoms with Crippen LogP contribution >= 0.6 is 0 Å². The number of hydrogen-bond donors (Lipinski definition) is 1. The number of benzene rings is 2. The van der Waals surface area contributed by atoms with Gasteiger partial charge in [-0.3, -0.25) is 4.72 Å². The van der Waals surface area contributed by atoms with Crippen LogP contribution < -0.4 is 4.72 Å². The number of ether oxygens (including phenoxy) is 1. The largest absolute Gasteiger partial charge is 0.465 e. The number of hydrogen-bond acceptors (Lipinski definition) is 4. The van der Waals surface area contributed by atoms with Gasteiger partial charge in [0.2, 0.25) is 0 Å². The first-order valence-electron chi connectivity index (χ1n) is 7.62. The molecular formula is C18H21NO4S. The number of anilines is 1. The summed E-state index contributed by atoms with van der Waals surface area (Å²) in [6.45, 7) is 4.23. The van der Waals surface area contributed by atoms with E-state index >= 15 is 0 Å². The van der Waals surface area contributed by atoms with E-state index in [4.69, 9.17) is 0 Å². The van der Waals surface area contributed by atoms with Crippen LogP contribution in [0.25, 0.3) is 0 Å². The van der Waals surface area contributed by atoms with Crippen LogP contribution in [0.3, 0.4) is 0 Å². The molecule has 2 rings (SSSR count). The Morgan fingerprint density at radius 1 is 1.04 bits per heavy atom. The maximum absolute atomic E-state index is 12.4. The van der Waals surface area contributed by atoms with Crippen molar-refractivity contribution in [2.45, 2.75) is 25.2 Å². The van der Waals surface area contributed by atoms with Gasteiger partial charge in [-0.05, 0) is 54.3 Å². The molecular weight excluding hydrogens is 326 g/mol. The molecule has 0 aliphatic heterocycles. The third-order valence-electron chi connectivity index (χ3n) is 3.44. The molecule has 1 N–H and O–H groups in total. The van der Waals surface area contributed by atoms with Gasteiger partial charge >= 0.3 is 5.97 Å². The number of carbonyl (C=O) groups is 1. The van der Waals surface area contributed by atoms with Gasteiger partial charge in [0.05, 0.1) is 17.6 Å². The molecule has 5 nitrogen and oxygen atoms in total. The molecule has 0 amide bonds. The molecule has 0 bridgehead atoms. The van der Waals surface area contributed by atoms with Gasteiger partial charge < -0.3 is 4.74 Å². The lowest BCUT2D eigenvalue weighted by Crippen LogP contribution is -2.13. The molecule has 128 valence electrons. The van der Waals surface area contributed by atoms with Crippen molar-refractivity contribution >= 4 is 21.7 Å². The average molecular weight is 347 g/mol. The Balaban J connectivity index is 2.14. The van der Waals surface area contributed by atoms with Crippen LogP contribution in [-0.4, -0.2) is 21.5 Å². The zero-order chi connectivity index (χ0) is 17.7. The molecule has 2 aromatic carbocycles. The van der Waals surface area contributed by atoms with Gasteiger partial charge in [-0.2, -0.15) is 0 Å². The summed E-state index contributed by atoms with van der Waals surface area (Å²) in [5.41, 5.74) is 1.85. The summed E-state index contributed by atoms with van der Waals surface area (Å²) < 4.78 is 31.9. The zero-order valence-electron chi connectivity index (χ0n) is 13.9. The topological polar surface area (TPSA) is 72.5 Å². The van der Waals surface area contributed by atoms with Crippen molar-refractivity contribution in [1.29, 1.82) is 0 Å². The lowest BCUT2D eigenvalue weighted by atomic mass is 10.0.